The van der Waals surface area contributed by atoms with Crippen LogP contribution in [0.15, 0.2) is 9.59 Å². The Morgan fingerprint density at radius 2 is 1.94 bits per heavy atom. The summed E-state index contributed by atoms with van der Waals surface area (Å²) in [5.41, 5.74) is 0.820. The molecule has 1 N–H and O–H groups in total. The highest BCUT2D eigenvalue weighted by atomic mass is 16.2. The van der Waals surface area contributed by atoms with Gasteiger partial charge in [0.05, 0.1) is 5.69 Å². The van der Waals surface area contributed by atoms with Crippen molar-refractivity contribution in [3.8, 4) is 11.5 Å². The van der Waals surface area contributed by atoms with E-state index in [4.69, 9.17) is 0 Å². The Balaban J connectivity index is 2.91. The van der Waals surface area contributed by atoms with E-state index in [-0.39, 0.29) is 5.69 Å². The predicted octanol–water partition coefficient (Wildman–Crippen LogP) is 0.458. The lowest BCUT2D eigenvalue weighted by molar-refractivity contribution is 0.635. The van der Waals surface area contributed by atoms with Crippen molar-refractivity contribution in [3.63, 3.8) is 0 Å². The van der Waals surface area contributed by atoms with Crippen LogP contribution in [-0.2, 0) is 6.54 Å². The van der Waals surface area contributed by atoms with Crippen molar-refractivity contribution < 1.29 is 0 Å². The lowest BCUT2D eigenvalue weighted by atomic mass is 10.2. The molecule has 0 aromatic carbocycles. The molecule has 6 heteroatoms. The van der Waals surface area contributed by atoms with Gasteiger partial charge in [0.15, 0.2) is 11.5 Å². The fourth-order valence-corrected chi connectivity index (χ4v) is 1.82. The molecule has 0 unspecified atom stereocenters. The van der Waals surface area contributed by atoms with Crippen molar-refractivity contribution in [1.82, 2.24) is 19.5 Å². The minimum Gasteiger partial charge on any atom is -0.326 e. The quantitative estimate of drug-likeness (QED) is 0.818. The van der Waals surface area contributed by atoms with Gasteiger partial charge in [0.1, 0.15) is 0 Å². The minimum atomic E-state index is -0.627. The molecule has 2 aliphatic heterocycles. The molecular weight excluding hydrogens is 220 g/mol. The summed E-state index contributed by atoms with van der Waals surface area (Å²) in [6, 6.07) is 0. The van der Waals surface area contributed by atoms with Gasteiger partial charge < -0.3 is 4.57 Å². The maximum atomic E-state index is 11.6. The van der Waals surface area contributed by atoms with Crippen LogP contribution in [0.5, 0.6) is 0 Å². The smallest absolute Gasteiger partial charge is 0.326 e. The van der Waals surface area contributed by atoms with Gasteiger partial charge in [0, 0.05) is 12.2 Å². The molecule has 0 bridgehead atoms. The molecule has 0 aromatic heterocycles. The Morgan fingerprint density at radius 1 is 1.24 bits per heavy atom. The number of aromatic nitrogens is 4. The normalized spacial score (nSPS) is 11.0. The van der Waals surface area contributed by atoms with Crippen LogP contribution in [0.25, 0.3) is 11.5 Å². The lowest BCUT2D eigenvalue weighted by Crippen LogP contribution is -2.29. The first-order chi connectivity index (χ1) is 8.04. The Labute approximate surface area is 97.7 Å². The van der Waals surface area contributed by atoms with E-state index < -0.39 is 11.2 Å². The maximum Gasteiger partial charge on any atom is 0.349 e. The van der Waals surface area contributed by atoms with E-state index in [1.807, 2.05) is 25.3 Å². The number of fused-ring (bicyclic) bond motifs is 1. The summed E-state index contributed by atoms with van der Waals surface area (Å²) < 4.78 is 1.87. The second-order valence-corrected chi connectivity index (χ2v) is 3.98. The van der Waals surface area contributed by atoms with Crippen molar-refractivity contribution in [2.45, 2.75) is 33.7 Å². The number of rotatable bonds is 2. The first kappa shape index (κ1) is 11.5. The topological polar surface area (TPSA) is 80.6 Å². The van der Waals surface area contributed by atoms with Crippen LogP contribution in [0.3, 0.4) is 0 Å². The average molecular weight is 234 g/mol. The Hall–Kier alpha value is -1.98. The van der Waals surface area contributed by atoms with Gasteiger partial charge >= 0.3 is 5.69 Å². The fourth-order valence-electron chi connectivity index (χ4n) is 1.82. The molecule has 0 aromatic rings. The summed E-state index contributed by atoms with van der Waals surface area (Å²) in [5, 5.41) is 0. The second kappa shape index (κ2) is 4.12. The molecule has 0 aliphatic carbocycles. The van der Waals surface area contributed by atoms with Gasteiger partial charge in [-0.25, -0.2) is 9.78 Å². The molecule has 0 saturated carbocycles. The number of nitrogens with zero attached hydrogens (tertiary/aromatic N) is 3. The second-order valence-electron chi connectivity index (χ2n) is 3.98. The van der Waals surface area contributed by atoms with Crippen molar-refractivity contribution in [2.75, 3.05) is 0 Å². The summed E-state index contributed by atoms with van der Waals surface area (Å²) >= 11 is 0. The van der Waals surface area contributed by atoms with Gasteiger partial charge in [-0.3, -0.25) is 9.78 Å². The van der Waals surface area contributed by atoms with E-state index in [9.17, 15) is 9.59 Å². The minimum absolute atomic E-state index is 0.223. The summed E-state index contributed by atoms with van der Waals surface area (Å²) in [6.45, 7) is 6.48. The zero-order valence-electron chi connectivity index (χ0n) is 10.1. The van der Waals surface area contributed by atoms with Gasteiger partial charge in [-0.15, -0.1) is 0 Å². The van der Waals surface area contributed by atoms with E-state index in [0.29, 0.717) is 12.4 Å². The predicted molar refractivity (Wildman–Crippen MR) is 63.3 cm³/mol. The SMILES string of the molecule is CCCn1c2nc(=O)[nH]c(=O)c-2nc(C)c1C. The zero-order chi connectivity index (χ0) is 12.6. The summed E-state index contributed by atoms with van der Waals surface area (Å²) in [4.78, 5) is 33.1. The van der Waals surface area contributed by atoms with Crippen molar-refractivity contribution >= 4 is 0 Å². The van der Waals surface area contributed by atoms with E-state index in [0.717, 1.165) is 17.8 Å². The number of hydrogen-bond donors (Lipinski definition) is 1. The van der Waals surface area contributed by atoms with Crippen molar-refractivity contribution in [2.24, 2.45) is 0 Å². The number of hydrogen-bond acceptors (Lipinski definition) is 4. The van der Waals surface area contributed by atoms with Crippen LogP contribution in [0, 0.1) is 13.8 Å². The number of nitrogens with one attached hydrogen (secondary N) is 1. The van der Waals surface area contributed by atoms with Gasteiger partial charge in [0.2, 0.25) is 0 Å². The van der Waals surface area contributed by atoms with Crippen molar-refractivity contribution in [1.29, 1.82) is 0 Å². The third-order valence-electron chi connectivity index (χ3n) is 2.77. The molecule has 2 aliphatic rings. The van der Waals surface area contributed by atoms with E-state index in [2.05, 4.69) is 15.0 Å². The third kappa shape index (κ3) is 1.86. The monoisotopic (exact) mass is 234 g/mol. The standard InChI is InChI=1S/C11H14N4O2/c1-4-5-15-7(3)6(2)12-8-9(15)13-11(17)14-10(8)16/h4-5H2,1-3H3,(H,14,16,17). The highest BCUT2D eigenvalue weighted by molar-refractivity contribution is 5.50. The van der Waals surface area contributed by atoms with Crippen LogP contribution >= 0.6 is 0 Å². The molecule has 2 heterocycles. The summed E-state index contributed by atoms with van der Waals surface area (Å²) in [7, 11) is 0. The highest BCUT2D eigenvalue weighted by Gasteiger charge is 2.17. The van der Waals surface area contributed by atoms with E-state index in [1.165, 1.54) is 0 Å². The molecule has 2 rings (SSSR count). The molecule has 90 valence electrons. The van der Waals surface area contributed by atoms with Crippen LogP contribution in [0.2, 0.25) is 0 Å². The molecule has 0 amide bonds. The molecule has 0 fully saturated rings. The third-order valence-corrected chi connectivity index (χ3v) is 2.77. The average Bonchev–Trinajstić information content (AvgIpc) is 2.26. The van der Waals surface area contributed by atoms with Crippen LogP contribution < -0.4 is 11.2 Å². The molecule has 0 spiro atoms. The first-order valence-corrected chi connectivity index (χ1v) is 5.52. The highest BCUT2D eigenvalue weighted by Crippen LogP contribution is 2.16. The molecule has 0 radical (unpaired) electrons. The largest absolute Gasteiger partial charge is 0.349 e. The van der Waals surface area contributed by atoms with Gasteiger partial charge in [0.25, 0.3) is 5.56 Å². The number of aromatic amines is 1. The van der Waals surface area contributed by atoms with Gasteiger partial charge in [-0.05, 0) is 20.3 Å². The Morgan fingerprint density at radius 3 is 2.59 bits per heavy atom. The van der Waals surface area contributed by atoms with Crippen LogP contribution in [-0.4, -0.2) is 19.5 Å². The number of H-pyrrole nitrogens is 1. The van der Waals surface area contributed by atoms with Crippen LogP contribution in [0.4, 0.5) is 0 Å². The van der Waals surface area contributed by atoms with E-state index in [1.54, 1.807) is 0 Å². The van der Waals surface area contributed by atoms with Gasteiger partial charge in [-0.2, -0.15) is 4.98 Å². The Kier molecular flexibility index (Phi) is 2.79. The first-order valence-electron chi connectivity index (χ1n) is 5.52. The van der Waals surface area contributed by atoms with Gasteiger partial charge in [-0.1, -0.05) is 6.92 Å². The molecule has 6 nitrogen and oxygen atoms in total. The fraction of sp³-hybridized carbons (Fsp3) is 0.455. The van der Waals surface area contributed by atoms with E-state index >= 15 is 0 Å². The molecular formula is C11H14N4O2. The maximum absolute atomic E-state index is 11.6. The zero-order valence-corrected chi connectivity index (χ0v) is 10.1. The van der Waals surface area contributed by atoms with Crippen molar-refractivity contribution in [3.05, 3.63) is 32.2 Å². The molecule has 17 heavy (non-hydrogen) atoms. The molecule has 0 saturated heterocycles. The summed E-state index contributed by atoms with van der Waals surface area (Å²) in [6.07, 6.45) is 0.896. The number of aryl methyl sites for hydroxylation is 1. The van der Waals surface area contributed by atoms with Crippen LogP contribution in [0.1, 0.15) is 24.7 Å². The summed E-state index contributed by atoms with van der Waals surface area (Å²) in [5.74, 6) is 0.365. The lowest BCUT2D eigenvalue weighted by Gasteiger charge is -2.17. The molecule has 0 atom stereocenters. The Bertz CT molecular complexity index is 641.